The van der Waals surface area contributed by atoms with Crippen LogP contribution in [0, 0.1) is 5.82 Å². The van der Waals surface area contributed by atoms with Gasteiger partial charge < -0.3 is 5.11 Å². The van der Waals surface area contributed by atoms with Crippen LogP contribution in [-0.2, 0) is 6.54 Å². The van der Waals surface area contributed by atoms with Crippen molar-refractivity contribution in [2.45, 2.75) is 19.9 Å². The van der Waals surface area contributed by atoms with Gasteiger partial charge in [-0.1, -0.05) is 24.6 Å². The Labute approximate surface area is 101 Å². The molecule has 16 heavy (non-hydrogen) atoms. The average molecular weight is 246 g/mol. The molecule has 0 aliphatic carbocycles. The largest absolute Gasteiger partial charge is 0.396 e. The van der Waals surface area contributed by atoms with Crippen molar-refractivity contribution in [2.24, 2.45) is 0 Å². The van der Waals surface area contributed by atoms with Crippen LogP contribution in [0.25, 0.3) is 0 Å². The highest BCUT2D eigenvalue weighted by Crippen LogP contribution is 2.17. The number of hydrogen-bond acceptors (Lipinski definition) is 2. The Hall–Kier alpha value is -0.640. The summed E-state index contributed by atoms with van der Waals surface area (Å²) in [5.74, 6) is -0.385. The Bertz CT molecular complexity index is 333. The monoisotopic (exact) mass is 245 g/mol. The minimum atomic E-state index is -0.385. The van der Waals surface area contributed by atoms with Crippen LogP contribution in [0.3, 0.4) is 0 Å². The molecule has 0 aliphatic rings. The second kappa shape index (κ2) is 6.84. The van der Waals surface area contributed by atoms with Crippen molar-refractivity contribution in [1.82, 2.24) is 4.90 Å². The molecule has 0 aliphatic heterocycles. The number of nitrogens with zero attached hydrogens (tertiary/aromatic N) is 1. The van der Waals surface area contributed by atoms with Gasteiger partial charge in [-0.2, -0.15) is 0 Å². The van der Waals surface area contributed by atoms with Gasteiger partial charge in [0.25, 0.3) is 0 Å². The number of rotatable bonds is 6. The van der Waals surface area contributed by atoms with E-state index in [1.807, 2.05) is 0 Å². The summed E-state index contributed by atoms with van der Waals surface area (Å²) in [6, 6.07) is 4.78. The van der Waals surface area contributed by atoms with E-state index in [-0.39, 0.29) is 17.4 Å². The summed E-state index contributed by atoms with van der Waals surface area (Å²) in [5, 5.41) is 8.92. The first-order valence-corrected chi connectivity index (χ1v) is 5.82. The van der Waals surface area contributed by atoms with E-state index in [0.717, 1.165) is 31.6 Å². The molecule has 0 saturated heterocycles. The molecular weight excluding hydrogens is 229 g/mol. The number of aliphatic hydroxyl groups excluding tert-OH is 1. The van der Waals surface area contributed by atoms with E-state index in [1.165, 1.54) is 6.07 Å². The second-order valence-corrected chi connectivity index (χ2v) is 4.10. The number of halogens is 2. The van der Waals surface area contributed by atoms with Gasteiger partial charge in [-0.25, -0.2) is 4.39 Å². The maximum atomic E-state index is 12.9. The zero-order valence-corrected chi connectivity index (χ0v) is 10.2. The SMILES string of the molecule is CCN(CCCO)Cc1ccc(F)c(Cl)c1. The Morgan fingerprint density at radius 3 is 2.75 bits per heavy atom. The first-order valence-electron chi connectivity index (χ1n) is 5.44. The first-order chi connectivity index (χ1) is 7.67. The van der Waals surface area contributed by atoms with Crippen LogP contribution >= 0.6 is 11.6 Å². The van der Waals surface area contributed by atoms with Gasteiger partial charge in [-0.3, -0.25) is 4.90 Å². The van der Waals surface area contributed by atoms with E-state index in [9.17, 15) is 4.39 Å². The van der Waals surface area contributed by atoms with E-state index in [0.29, 0.717) is 0 Å². The minimum absolute atomic E-state index is 0.163. The third kappa shape index (κ3) is 4.08. The lowest BCUT2D eigenvalue weighted by molar-refractivity contribution is 0.225. The van der Waals surface area contributed by atoms with Crippen molar-refractivity contribution in [2.75, 3.05) is 19.7 Å². The Kier molecular flexibility index (Phi) is 5.74. The lowest BCUT2D eigenvalue weighted by Gasteiger charge is -2.20. The second-order valence-electron chi connectivity index (χ2n) is 3.69. The number of benzene rings is 1. The molecule has 0 aromatic heterocycles. The summed E-state index contributed by atoms with van der Waals surface area (Å²) >= 11 is 5.71. The fourth-order valence-electron chi connectivity index (χ4n) is 1.54. The van der Waals surface area contributed by atoms with E-state index in [1.54, 1.807) is 12.1 Å². The first kappa shape index (κ1) is 13.4. The standard InChI is InChI=1S/C12H17ClFNO/c1-2-15(6-3-7-16)9-10-4-5-12(14)11(13)8-10/h4-5,8,16H,2-3,6-7,9H2,1H3. The lowest BCUT2D eigenvalue weighted by Crippen LogP contribution is -2.24. The van der Waals surface area contributed by atoms with Gasteiger partial charge in [0.15, 0.2) is 0 Å². The van der Waals surface area contributed by atoms with Gasteiger partial charge in [0.1, 0.15) is 5.82 Å². The molecule has 1 aromatic rings. The van der Waals surface area contributed by atoms with Crippen molar-refractivity contribution < 1.29 is 9.50 Å². The summed E-state index contributed by atoms with van der Waals surface area (Å²) < 4.78 is 12.9. The Morgan fingerprint density at radius 1 is 1.44 bits per heavy atom. The van der Waals surface area contributed by atoms with Crippen LogP contribution in [0.15, 0.2) is 18.2 Å². The average Bonchev–Trinajstić information content (AvgIpc) is 2.29. The summed E-state index contributed by atoms with van der Waals surface area (Å²) in [6.07, 6.45) is 0.753. The molecule has 0 fully saturated rings. The van der Waals surface area contributed by atoms with Gasteiger partial charge in [0, 0.05) is 19.7 Å². The number of hydrogen-bond donors (Lipinski definition) is 1. The summed E-state index contributed by atoms with van der Waals surface area (Å²) in [6.45, 7) is 4.72. The molecule has 0 heterocycles. The maximum absolute atomic E-state index is 12.9. The van der Waals surface area contributed by atoms with Crippen molar-refractivity contribution in [3.63, 3.8) is 0 Å². The highest BCUT2D eigenvalue weighted by molar-refractivity contribution is 6.30. The maximum Gasteiger partial charge on any atom is 0.141 e. The molecule has 0 bridgehead atoms. The summed E-state index contributed by atoms with van der Waals surface area (Å²) in [4.78, 5) is 2.18. The fourth-order valence-corrected chi connectivity index (χ4v) is 1.74. The third-order valence-electron chi connectivity index (χ3n) is 2.47. The minimum Gasteiger partial charge on any atom is -0.396 e. The molecule has 1 rings (SSSR count). The fraction of sp³-hybridized carbons (Fsp3) is 0.500. The Morgan fingerprint density at radius 2 is 2.19 bits per heavy atom. The molecule has 0 unspecified atom stereocenters. The molecule has 90 valence electrons. The molecule has 1 N–H and O–H groups in total. The molecule has 4 heteroatoms. The zero-order chi connectivity index (χ0) is 12.0. The van der Waals surface area contributed by atoms with E-state index in [4.69, 9.17) is 16.7 Å². The normalized spacial score (nSPS) is 11.1. The van der Waals surface area contributed by atoms with Crippen LogP contribution in [0.5, 0.6) is 0 Å². The van der Waals surface area contributed by atoms with Gasteiger partial charge in [-0.05, 0) is 30.7 Å². The van der Waals surface area contributed by atoms with Crippen LogP contribution in [0.2, 0.25) is 5.02 Å². The molecular formula is C12H17ClFNO. The molecule has 0 saturated carbocycles. The molecule has 0 amide bonds. The predicted octanol–water partition coefficient (Wildman–Crippen LogP) is 2.68. The van der Waals surface area contributed by atoms with Gasteiger partial charge in [0.05, 0.1) is 5.02 Å². The van der Waals surface area contributed by atoms with Crippen molar-refractivity contribution >= 4 is 11.6 Å². The van der Waals surface area contributed by atoms with Crippen LogP contribution in [0.1, 0.15) is 18.9 Å². The smallest absolute Gasteiger partial charge is 0.141 e. The van der Waals surface area contributed by atoms with Crippen molar-refractivity contribution in [3.05, 3.63) is 34.6 Å². The highest BCUT2D eigenvalue weighted by Gasteiger charge is 2.05. The summed E-state index contributed by atoms with van der Waals surface area (Å²) in [7, 11) is 0. The van der Waals surface area contributed by atoms with Gasteiger partial charge in [0.2, 0.25) is 0 Å². The quantitative estimate of drug-likeness (QED) is 0.833. The van der Waals surface area contributed by atoms with E-state index < -0.39 is 0 Å². The molecule has 2 nitrogen and oxygen atoms in total. The lowest BCUT2D eigenvalue weighted by atomic mass is 10.2. The highest BCUT2D eigenvalue weighted by atomic mass is 35.5. The molecule has 0 radical (unpaired) electrons. The summed E-state index contributed by atoms with van der Waals surface area (Å²) in [5.41, 5.74) is 0.992. The predicted molar refractivity (Wildman–Crippen MR) is 64.1 cm³/mol. The topological polar surface area (TPSA) is 23.5 Å². The third-order valence-corrected chi connectivity index (χ3v) is 2.76. The van der Waals surface area contributed by atoms with E-state index in [2.05, 4.69) is 11.8 Å². The molecule has 1 aromatic carbocycles. The van der Waals surface area contributed by atoms with Gasteiger partial charge in [-0.15, -0.1) is 0 Å². The van der Waals surface area contributed by atoms with Crippen molar-refractivity contribution in [1.29, 1.82) is 0 Å². The van der Waals surface area contributed by atoms with Gasteiger partial charge >= 0.3 is 0 Å². The molecule has 0 spiro atoms. The van der Waals surface area contributed by atoms with E-state index >= 15 is 0 Å². The van der Waals surface area contributed by atoms with Crippen LogP contribution in [-0.4, -0.2) is 29.7 Å². The van der Waals surface area contributed by atoms with Crippen LogP contribution in [0.4, 0.5) is 4.39 Å². The Balaban J connectivity index is 2.59. The van der Waals surface area contributed by atoms with Crippen LogP contribution < -0.4 is 0 Å². The number of aliphatic hydroxyl groups is 1. The van der Waals surface area contributed by atoms with Crippen molar-refractivity contribution in [3.8, 4) is 0 Å². The molecule has 0 atom stereocenters. The zero-order valence-electron chi connectivity index (χ0n) is 9.42.